The average molecular weight is 667 g/mol. The Kier molecular flexibility index (Phi) is 12.3. The highest BCUT2D eigenvalue weighted by molar-refractivity contribution is 8.00. The lowest BCUT2D eigenvalue weighted by molar-refractivity contribution is 0.0662. The molecule has 0 spiro atoms. The van der Waals surface area contributed by atoms with Gasteiger partial charge in [0.25, 0.3) is 0 Å². The number of carbonyl (C=O) groups is 2. The van der Waals surface area contributed by atoms with Crippen molar-refractivity contribution in [2.45, 2.75) is 62.2 Å². The molecule has 0 fully saturated rings. The smallest absolute Gasteiger partial charge is 0.371 e. The zero-order valence-electron chi connectivity index (χ0n) is 25.4. The molecule has 4 rings (SSSR count). The molecule has 0 radical (unpaired) electrons. The van der Waals surface area contributed by atoms with Crippen LogP contribution < -0.4 is 10.2 Å². The van der Waals surface area contributed by atoms with Gasteiger partial charge in [-0.2, -0.15) is 0 Å². The standard InChI is InChI=1S/C35H35ClO9S/c1-3-10-26-28(15-14-24(21(2)37)34(26)40)43-16-9-7-5-4-6-8-11-31(33(39)22-17-32(36)44-20-22)46-23-12-13-25-27(38)19-30(35(41)42)45-29(25)18-23/h4,6,8,11-15,17-20,31,33,39-40H,3,5,7,9-10,16H2,1-2H3,(H,41,42)/t31-,33+/m0/s1. The number of carboxylic acids is 1. The molecular formula is C35H35ClO9S. The monoisotopic (exact) mass is 666 g/mol. The van der Waals surface area contributed by atoms with Crippen LogP contribution in [-0.4, -0.2) is 38.9 Å². The van der Waals surface area contributed by atoms with Crippen LogP contribution in [0.4, 0.5) is 0 Å². The second-order valence-corrected chi connectivity index (χ2v) is 12.2. The molecule has 2 heterocycles. The van der Waals surface area contributed by atoms with E-state index < -0.39 is 28.5 Å². The van der Waals surface area contributed by atoms with Gasteiger partial charge in [0, 0.05) is 28.2 Å². The summed E-state index contributed by atoms with van der Waals surface area (Å²) in [5, 5.41) is 30.8. The fourth-order valence-electron chi connectivity index (χ4n) is 4.77. The third kappa shape index (κ3) is 8.93. The van der Waals surface area contributed by atoms with Crippen molar-refractivity contribution in [3.8, 4) is 11.5 Å². The number of unbranched alkanes of at least 4 members (excludes halogenated alkanes) is 2. The van der Waals surface area contributed by atoms with Crippen molar-refractivity contribution in [3.05, 3.63) is 111 Å². The number of furan rings is 1. The molecule has 0 aliphatic carbocycles. The quantitative estimate of drug-likeness (QED) is 0.0463. The lowest BCUT2D eigenvalue weighted by Crippen LogP contribution is -2.12. The first kappa shape index (κ1) is 34.6. The van der Waals surface area contributed by atoms with E-state index in [4.69, 9.17) is 25.2 Å². The third-order valence-electron chi connectivity index (χ3n) is 7.11. The molecule has 2 aromatic heterocycles. The van der Waals surface area contributed by atoms with E-state index in [1.165, 1.54) is 31.0 Å². The second-order valence-electron chi connectivity index (χ2n) is 10.6. The molecule has 2 atom stereocenters. The van der Waals surface area contributed by atoms with E-state index >= 15 is 0 Å². The zero-order chi connectivity index (χ0) is 33.2. The van der Waals surface area contributed by atoms with Gasteiger partial charge in [-0.3, -0.25) is 9.59 Å². The van der Waals surface area contributed by atoms with E-state index in [1.54, 1.807) is 30.3 Å². The number of aliphatic hydroxyl groups is 1. The number of thioether (sulfide) groups is 1. The lowest BCUT2D eigenvalue weighted by Gasteiger charge is -2.18. The van der Waals surface area contributed by atoms with Crippen LogP contribution in [-0.2, 0) is 6.42 Å². The predicted molar refractivity (Wildman–Crippen MR) is 177 cm³/mol. The number of aromatic carboxylic acids is 1. The van der Waals surface area contributed by atoms with Crippen molar-refractivity contribution >= 4 is 46.1 Å². The van der Waals surface area contributed by atoms with Crippen molar-refractivity contribution in [2.75, 3.05) is 6.61 Å². The molecule has 3 N–H and O–H groups in total. The summed E-state index contributed by atoms with van der Waals surface area (Å²) in [6, 6.07) is 10.7. The number of halogens is 1. The maximum absolute atomic E-state index is 12.3. The molecular weight excluding hydrogens is 632 g/mol. The topological polar surface area (TPSA) is 147 Å². The second kappa shape index (κ2) is 16.4. The van der Waals surface area contributed by atoms with Crippen LogP contribution >= 0.6 is 23.4 Å². The minimum absolute atomic E-state index is 0.00133. The number of allylic oxidation sites excluding steroid dienone is 3. The van der Waals surface area contributed by atoms with E-state index in [9.17, 15) is 29.7 Å². The summed E-state index contributed by atoms with van der Waals surface area (Å²) in [5.41, 5.74) is 1.12. The third-order valence-corrected chi connectivity index (χ3v) is 8.53. The normalized spacial score (nSPS) is 13.0. The minimum Gasteiger partial charge on any atom is -0.507 e. The predicted octanol–water partition coefficient (Wildman–Crippen LogP) is 8.15. The fourth-order valence-corrected chi connectivity index (χ4v) is 6.03. The first-order valence-electron chi connectivity index (χ1n) is 14.8. The van der Waals surface area contributed by atoms with E-state index in [-0.39, 0.29) is 27.7 Å². The van der Waals surface area contributed by atoms with E-state index in [1.807, 2.05) is 31.2 Å². The number of ketones is 1. The van der Waals surface area contributed by atoms with Gasteiger partial charge < -0.3 is 28.9 Å². The number of aromatic hydroxyl groups is 1. The molecule has 46 heavy (non-hydrogen) atoms. The van der Waals surface area contributed by atoms with Gasteiger partial charge in [-0.05, 0) is 74.5 Å². The fraction of sp³-hybridized carbons (Fsp3) is 0.286. The maximum Gasteiger partial charge on any atom is 0.371 e. The van der Waals surface area contributed by atoms with Crippen LogP contribution in [0.3, 0.4) is 0 Å². The van der Waals surface area contributed by atoms with Crippen molar-refractivity contribution in [3.63, 3.8) is 0 Å². The minimum atomic E-state index is -1.34. The van der Waals surface area contributed by atoms with Gasteiger partial charge in [-0.1, -0.05) is 37.6 Å². The number of aliphatic hydroxyl groups excluding tert-OH is 1. The Morgan fingerprint density at radius 1 is 1.11 bits per heavy atom. The summed E-state index contributed by atoms with van der Waals surface area (Å²) < 4.78 is 16.5. The van der Waals surface area contributed by atoms with E-state index in [0.717, 1.165) is 31.7 Å². The first-order valence-corrected chi connectivity index (χ1v) is 16.1. The number of phenols is 1. The van der Waals surface area contributed by atoms with Crippen molar-refractivity contribution in [1.29, 1.82) is 0 Å². The number of carbonyl (C=O) groups excluding carboxylic acids is 1. The molecule has 0 saturated heterocycles. The van der Waals surface area contributed by atoms with E-state index in [2.05, 4.69) is 0 Å². The van der Waals surface area contributed by atoms with Gasteiger partial charge in [0.05, 0.1) is 35.2 Å². The summed E-state index contributed by atoms with van der Waals surface area (Å²) in [6.07, 6.45) is 11.8. The maximum atomic E-state index is 12.3. The summed E-state index contributed by atoms with van der Waals surface area (Å²) in [7, 11) is 0. The Morgan fingerprint density at radius 3 is 2.61 bits per heavy atom. The van der Waals surface area contributed by atoms with Gasteiger partial charge in [0.15, 0.2) is 16.4 Å². The number of fused-ring (bicyclic) bond motifs is 1. The zero-order valence-corrected chi connectivity index (χ0v) is 27.0. The molecule has 0 bridgehead atoms. The van der Waals surface area contributed by atoms with E-state index in [0.29, 0.717) is 40.4 Å². The number of carboxylic acid groups (broad SMARTS) is 1. The van der Waals surface area contributed by atoms with Crippen LogP contribution in [0.25, 0.3) is 11.0 Å². The van der Waals surface area contributed by atoms with Crippen molar-refractivity contribution in [1.82, 2.24) is 0 Å². The summed E-state index contributed by atoms with van der Waals surface area (Å²) in [5.74, 6) is -1.39. The van der Waals surface area contributed by atoms with Crippen LogP contribution in [0.1, 0.15) is 77.7 Å². The Hall–Kier alpha value is -4.25. The van der Waals surface area contributed by atoms with Crippen LogP contribution in [0, 0.1) is 0 Å². The van der Waals surface area contributed by atoms with Gasteiger partial charge in [-0.25, -0.2) is 4.79 Å². The van der Waals surface area contributed by atoms with Gasteiger partial charge in [-0.15, -0.1) is 11.8 Å². The molecule has 0 amide bonds. The van der Waals surface area contributed by atoms with Gasteiger partial charge in [0.2, 0.25) is 5.76 Å². The molecule has 2 aromatic carbocycles. The molecule has 4 aromatic rings. The Balaban J connectivity index is 1.37. The lowest BCUT2D eigenvalue weighted by atomic mass is 10.0. The Bertz CT molecular complexity index is 1800. The number of benzene rings is 2. The first-order chi connectivity index (χ1) is 22.1. The van der Waals surface area contributed by atoms with Crippen molar-refractivity contribution in [2.24, 2.45) is 0 Å². The molecule has 0 aliphatic heterocycles. The number of hydrogen-bond donors (Lipinski definition) is 3. The van der Waals surface area contributed by atoms with Crippen LogP contribution in [0.2, 0.25) is 5.22 Å². The molecule has 0 saturated carbocycles. The van der Waals surface area contributed by atoms with Crippen molar-refractivity contribution < 1.29 is 38.5 Å². The molecule has 9 nitrogen and oxygen atoms in total. The van der Waals surface area contributed by atoms with Gasteiger partial charge in [0.1, 0.15) is 17.1 Å². The van der Waals surface area contributed by atoms with Crippen LogP contribution in [0.15, 0.2) is 91.6 Å². The van der Waals surface area contributed by atoms with Crippen LogP contribution in [0.5, 0.6) is 11.5 Å². The summed E-state index contributed by atoms with van der Waals surface area (Å²) in [6.45, 7) is 3.90. The molecule has 0 unspecified atom stereocenters. The molecule has 11 heteroatoms. The Labute approximate surface area is 275 Å². The Morgan fingerprint density at radius 2 is 1.91 bits per heavy atom. The number of hydrogen-bond acceptors (Lipinski definition) is 9. The number of Topliss-reactive ketones (excluding diaryl/α,β-unsaturated/α-hetero) is 1. The highest BCUT2D eigenvalue weighted by Gasteiger charge is 2.22. The number of rotatable bonds is 16. The SMILES string of the molecule is CCCc1c(OCCCCC=CC=C[C@H](Sc2ccc3c(=O)cc(C(=O)O)oc3c2)[C@H](O)c2coc(Cl)c2)ccc(C(C)=O)c1O. The molecule has 0 aliphatic rings. The van der Waals surface area contributed by atoms with Gasteiger partial charge >= 0.3 is 5.97 Å². The average Bonchev–Trinajstić information content (AvgIpc) is 3.46. The number of ether oxygens (including phenoxy) is 1. The highest BCUT2D eigenvalue weighted by Crippen LogP contribution is 2.36. The highest BCUT2D eigenvalue weighted by atomic mass is 35.5. The summed E-state index contributed by atoms with van der Waals surface area (Å²) >= 11 is 7.23. The summed E-state index contributed by atoms with van der Waals surface area (Å²) in [4.78, 5) is 36.1. The number of phenolic OH excluding ortho intramolecular Hbond substituents is 1. The molecule has 242 valence electrons. The largest absolute Gasteiger partial charge is 0.507 e.